The van der Waals surface area contributed by atoms with Crippen LogP contribution in [0.1, 0.15) is 62.9 Å². The summed E-state index contributed by atoms with van der Waals surface area (Å²) in [4.78, 5) is 33.9. The Labute approximate surface area is 188 Å². The highest BCUT2D eigenvalue weighted by Gasteiger charge is 2.32. The summed E-state index contributed by atoms with van der Waals surface area (Å²) in [6.45, 7) is 3.30. The minimum absolute atomic E-state index is 0.0314. The van der Waals surface area contributed by atoms with Crippen LogP contribution in [0.4, 0.5) is 4.39 Å². The van der Waals surface area contributed by atoms with E-state index < -0.39 is 0 Å². The van der Waals surface area contributed by atoms with Gasteiger partial charge in [-0.3, -0.25) is 9.59 Å². The molecule has 170 valence electrons. The Morgan fingerprint density at radius 1 is 1.28 bits per heavy atom. The molecule has 0 unspecified atom stereocenters. The second-order valence-electron chi connectivity index (χ2n) is 8.44. The average Bonchev–Trinajstić information content (AvgIpc) is 3.20. The fourth-order valence-corrected chi connectivity index (χ4v) is 3.94. The zero-order valence-electron chi connectivity index (χ0n) is 18.7. The summed E-state index contributed by atoms with van der Waals surface area (Å²) in [5, 5.41) is 12.8. The lowest BCUT2D eigenvalue weighted by Gasteiger charge is -2.35. The molecule has 1 saturated heterocycles. The average molecular weight is 440 g/mol. The van der Waals surface area contributed by atoms with Gasteiger partial charge in [0.2, 0.25) is 5.91 Å². The van der Waals surface area contributed by atoms with Crippen LogP contribution in [0.25, 0.3) is 11.4 Å². The van der Waals surface area contributed by atoms with Crippen molar-refractivity contribution in [1.82, 2.24) is 20.2 Å². The van der Waals surface area contributed by atoms with Crippen LogP contribution in [0.5, 0.6) is 0 Å². The van der Waals surface area contributed by atoms with E-state index in [-0.39, 0.29) is 35.2 Å². The van der Waals surface area contributed by atoms with Gasteiger partial charge in [-0.05, 0) is 44.2 Å². The number of carbonyl (C=O) groups is 2. The van der Waals surface area contributed by atoms with Crippen molar-refractivity contribution in [2.45, 2.75) is 51.5 Å². The van der Waals surface area contributed by atoms with Gasteiger partial charge >= 0.3 is 0 Å². The molecule has 1 aliphatic rings. The van der Waals surface area contributed by atoms with Gasteiger partial charge in [0, 0.05) is 31.5 Å². The Hall–Kier alpha value is -3.05. The van der Waals surface area contributed by atoms with Crippen molar-refractivity contribution in [3.05, 3.63) is 41.5 Å². The fraction of sp³-hybridized carbons (Fsp3) is 0.500. The van der Waals surface area contributed by atoms with Crippen LogP contribution in [0.3, 0.4) is 0 Å². The largest absolute Gasteiger partial charge is 0.347 e. The number of nitrogens with zero attached hydrogens (tertiary/aromatic N) is 3. The summed E-state index contributed by atoms with van der Waals surface area (Å²) in [6, 6.07) is 7.62. The van der Waals surface area contributed by atoms with Crippen molar-refractivity contribution in [1.29, 1.82) is 5.26 Å². The van der Waals surface area contributed by atoms with E-state index >= 15 is 0 Å². The molecule has 0 spiro atoms. The highest BCUT2D eigenvalue weighted by molar-refractivity contribution is 5.80. The van der Waals surface area contributed by atoms with Crippen molar-refractivity contribution >= 4 is 11.7 Å². The maximum Gasteiger partial charge on any atom is 0.226 e. The van der Waals surface area contributed by atoms with Gasteiger partial charge in [0.25, 0.3) is 0 Å². The fourth-order valence-electron chi connectivity index (χ4n) is 3.94. The second kappa shape index (κ2) is 11.0. The highest BCUT2D eigenvalue weighted by atomic mass is 19.1. The SMILES string of the molecule is CCC(=O)CCCCC[C@H](NC(=O)C1CN(C)C1)c1[nH]c(-c2ccc(F)cc2)nc1C#N. The predicted molar refractivity (Wildman–Crippen MR) is 119 cm³/mol. The van der Waals surface area contributed by atoms with Crippen molar-refractivity contribution in [3.8, 4) is 17.5 Å². The molecule has 1 aliphatic heterocycles. The van der Waals surface area contributed by atoms with Crippen molar-refractivity contribution in [3.63, 3.8) is 0 Å². The minimum Gasteiger partial charge on any atom is -0.347 e. The maximum absolute atomic E-state index is 13.3. The number of hydrogen-bond donors (Lipinski definition) is 2. The Morgan fingerprint density at radius 3 is 2.62 bits per heavy atom. The van der Waals surface area contributed by atoms with Gasteiger partial charge in [-0.1, -0.05) is 19.8 Å². The number of imidazole rings is 1. The molecule has 7 nitrogen and oxygen atoms in total. The van der Waals surface area contributed by atoms with Crippen molar-refractivity contribution < 1.29 is 14.0 Å². The quantitative estimate of drug-likeness (QED) is 0.520. The zero-order chi connectivity index (χ0) is 23.1. The van der Waals surface area contributed by atoms with Crippen LogP contribution in [-0.2, 0) is 9.59 Å². The van der Waals surface area contributed by atoms with E-state index in [1.165, 1.54) is 12.1 Å². The van der Waals surface area contributed by atoms with E-state index in [1.54, 1.807) is 12.1 Å². The van der Waals surface area contributed by atoms with Crippen LogP contribution in [0.2, 0.25) is 0 Å². The molecule has 1 aromatic carbocycles. The number of H-pyrrole nitrogens is 1. The molecule has 1 amide bonds. The summed E-state index contributed by atoms with van der Waals surface area (Å²) in [6.07, 6.45) is 4.25. The molecule has 3 rings (SSSR count). The molecule has 2 heterocycles. The van der Waals surface area contributed by atoms with Crippen molar-refractivity contribution in [2.24, 2.45) is 5.92 Å². The third kappa shape index (κ3) is 6.01. The molecule has 2 N–H and O–H groups in total. The van der Waals surface area contributed by atoms with Crippen LogP contribution >= 0.6 is 0 Å². The Balaban J connectivity index is 1.75. The molecular formula is C24H30FN5O2. The van der Waals surface area contributed by atoms with Gasteiger partial charge in [0.1, 0.15) is 23.5 Å². The number of carbonyl (C=O) groups excluding carboxylic acids is 2. The molecule has 0 bridgehead atoms. The number of ketones is 1. The van der Waals surface area contributed by atoms with Gasteiger partial charge in [-0.15, -0.1) is 0 Å². The lowest BCUT2D eigenvalue weighted by atomic mass is 9.97. The zero-order valence-corrected chi connectivity index (χ0v) is 18.7. The number of nitriles is 1. The van der Waals surface area contributed by atoms with E-state index in [2.05, 4.69) is 26.3 Å². The molecular weight excluding hydrogens is 409 g/mol. The predicted octanol–water partition coefficient (Wildman–Crippen LogP) is 3.74. The number of aromatic nitrogens is 2. The third-order valence-electron chi connectivity index (χ3n) is 5.90. The van der Waals surface area contributed by atoms with E-state index in [4.69, 9.17) is 0 Å². The summed E-state index contributed by atoms with van der Waals surface area (Å²) in [7, 11) is 1.97. The number of benzene rings is 1. The molecule has 0 saturated carbocycles. The molecule has 8 heteroatoms. The van der Waals surface area contributed by atoms with E-state index in [0.29, 0.717) is 49.4 Å². The van der Waals surface area contributed by atoms with E-state index in [0.717, 1.165) is 19.3 Å². The molecule has 1 aromatic heterocycles. The molecule has 2 aromatic rings. The van der Waals surface area contributed by atoms with E-state index in [1.807, 2.05) is 14.0 Å². The highest BCUT2D eigenvalue weighted by Crippen LogP contribution is 2.27. The number of nitrogens with one attached hydrogen (secondary N) is 2. The first kappa shape index (κ1) is 23.6. The summed E-state index contributed by atoms with van der Waals surface area (Å²) in [5.74, 6) is 0.282. The number of Topliss-reactive ketones (excluding diaryl/α,β-unsaturated/α-hetero) is 1. The minimum atomic E-state index is -0.383. The van der Waals surface area contributed by atoms with Crippen LogP contribution in [-0.4, -0.2) is 46.7 Å². The Morgan fingerprint density at radius 2 is 2.00 bits per heavy atom. The summed E-state index contributed by atoms with van der Waals surface area (Å²) >= 11 is 0. The normalized spacial score (nSPS) is 15.1. The standard InChI is InChI=1S/C24H30FN5O2/c1-3-19(31)7-5-4-6-8-20(28-24(32)17-14-30(2)15-17)22-21(13-26)27-23(29-22)16-9-11-18(25)12-10-16/h9-12,17,20H,3-8,14-15H2,1-2H3,(H,27,29)(H,28,32)/t20-/m0/s1. The third-order valence-corrected chi connectivity index (χ3v) is 5.90. The van der Waals surface area contributed by atoms with Crippen LogP contribution in [0, 0.1) is 23.1 Å². The summed E-state index contributed by atoms with van der Waals surface area (Å²) < 4.78 is 13.3. The summed E-state index contributed by atoms with van der Waals surface area (Å²) in [5.41, 5.74) is 1.46. The topological polar surface area (TPSA) is 102 Å². The van der Waals surface area contributed by atoms with Crippen LogP contribution < -0.4 is 5.32 Å². The number of likely N-dealkylation sites (tertiary alicyclic amines) is 1. The van der Waals surface area contributed by atoms with E-state index in [9.17, 15) is 19.2 Å². The van der Waals surface area contributed by atoms with Gasteiger partial charge in [-0.2, -0.15) is 5.26 Å². The number of rotatable bonds is 11. The van der Waals surface area contributed by atoms with Gasteiger partial charge in [-0.25, -0.2) is 9.37 Å². The monoisotopic (exact) mass is 439 g/mol. The first-order valence-electron chi connectivity index (χ1n) is 11.2. The molecule has 0 radical (unpaired) electrons. The molecule has 0 aliphatic carbocycles. The number of unbranched alkanes of at least 4 members (excludes halogenated alkanes) is 2. The smallest absolute Gasteiger partial charge is 0.226 e. The molecule has 32 heavy (non-hydrogen) atoms. The van der Waals surface area contributed by atoms with Crippen LogP contribution in [0.15, 0.2) is 24.3 Å². The lowest BCUT2D eigenvalue weighted by molar-refractivity contribution is -0.130. The Bertz CT molecular complexity index is 973. The molecule has 1 fully saturated rings. The first-order valence-corrected chi connectivity index (χ1v) is 11.2. The number of hydrogen-bond acceptors (Lipinski definition) is 5. The number of aromatic amines is 1. The lowest BCUT2D eigenvalue weighted by Crippen LogP contribution is -2.52. The van der Waals surface area contributed by atoms with Crippen molar-refractivity contribution in [2.75, 3.05) is 20.1 Å². The maximum atomic E-state index is 13.3. The first-order chi connectivity index (χ1) is 15.4. The van der Waals surface area contributed by atoms with Gasteiger partial charge < -0.3 is 15.2 Å². The molecule has 1 atom stereocenters. The number of halogens is 1. The second-order valence-corrected chi connectivity index (χ2v) is 8.44. The number of amides is 1. The van der Waals surface area contributed by atoms with Gasteiger partial charge in [0.15, 0.2) is 5.69 Å². The Kier molecular flexibility index (Phi) is 8.12. The van der Waals surface area contributed by atoms with Gasteiger partial charge in [0.05, 0.1) is 17.7 Å².